The topological polar surface area (TPSA) is 54.4 Å². The minimum Gasteiger partial charge on any atom is -0.395 e. The molecule has 0 saturated carbocycles. The predicted molar refractivity (Wildman–Crippen MR) is 54.8 cm³/mol. The smallest absolute Gasteiger partial charge is 0.109 e. The minimum atomic E-state index is 0.166. The fourth-order valence-corrected chi connectivity index (χ4v) is 1.39. The average Bonchev–Trinajstić information content (AvgIpc) is 2.45. The van der Waals surface area contributed by atoms with Gasteiger partial charge < -0.3 is 20.3 Å². The van der Waals surface area contributed by atoms with Crippen LogP contribution in [0.5, 0.6) is 0 Å². The van der Waals surface area contributed by atoms with Gasteiger partial charge in [-0.2, -0.15) is 0 Å². The van der Waals surface area contributed by atoms with Crippen molar-refractivity contribution < 1.29 is 5.11 Å². The number of anilines is 2. The Balaban J connectivity index is 2.84. The number of nitrogens with zero attached hydrogens (tertiary/aromatic N) is 2. The third-order valence-electron chi connectivity index (χ3n) is 2.21. The van der Waals surface area contributed by atoms with Gasteiger partial charge in [-0.05, 0) is 19.1 Å². The van der Waals surface area contributed by atoms with E-state index in [-0.39, 0.29) is 6.61 Å². The summed E-state index contributed by atoms with van der Waals surface area (Å²) in [6, 6.07) is 3.84. The molecule has 1 aromatic heterocycles. The van der Waals surface area contributed by atoms with E-state index in [1.54, 1.807) is 0 Å². The molecule has 0 aliphatic rings. The SMILES string of the molecule is CCN(CCO)c1ccc(N)n1C. The van der Waals surface area contributed by atoms with Crippen molar-refractivity contribution in [1.82, 2.24) is 4.57 Å². The van der Waals surface area contributed by atoms with Crippen LogP contribution in [-0.2, 0) is 7.05 Å². The minimum absolute atomic E-state index is 0.166. The Kier molecular flexibility index (Phi) is 3.19. The van der Waals surface area contributed by atoms with Crippen molar-refractivity contribution in [2.24, 2.45) is 7.05 Å². The van der Waals surface area contributed by atoms with E-state index in [1.807, 2.05) is 23.7 Å². The first-order chi connectivity index (χ1) is 6.20. The maximum absolute atomic E-state index is 8.84. The van der Waals surface area contributed by atoms with E-state index in [1.165, 1.54) is 0 Å². The van der Waals surface area contributed by atoms with Crippen molar-refractivity contribution in [3.05, 3.63) is 12.1 Å². The van der Waals surface area contributed by atoms with Crippen LogP contribution in [0, 0.1) is 0 Å². The summed E-state index contributed by atoms with van der Waals surface area (Å²) in [6.45, 7) is 3.74. The Morgan fingerprint density at radius 3 is 2.62 bits per heavy atom. The van der Waals surface area contributed by atoms with Crippen molar-refractivity contribution >= 4 is 11.6 Å². The van der Waals surface area contributed by atoms with Crippen LogP contribution in [-0.4, -0.2) is 29.4 Å². The first kappa shape index (κ1) is 9.92. The highest BCUT2D eigenvalue weighted by Gasteiger charge is 2.08. The quantitative estimate of drug-likeness (QED) is 0.711. The molecule has 13 heavy (non-hydrogen) atoms. The molecule has 1 aromatic rings. The zero-order valence-corrected chi connectivity index (χ0v) is 8.20. The standard InChI is InChI=1S/C9H17N3O/c1-3-12(6-7-13)9-5-4-8(10)11(9)2/h4-5,13H,3,6-7,10H2,1-2H3. The van der Waals surface area contributed by atoms with Gasteiger partial charge in [0, 0.05) is 20.1 Å². The molecule has 74 valence electrons. The molecular weight excluding hydrogens is 166 g/mol. The molecular formula is C9H17N3O. The zero-order valence-electron chi connectivity index (χ0n) is 8.20. The molecule has 0 saturated heterocycles. The van der Waals surface area contributed by atoms with E-state index in [2.05, 4.69) is 11.8 Å². The lowest BCUT2D eigenvalue weighted by Gasteiger charge is -2.22. The summed E-state index contributed by atoms with van der Waals surface area (Å²) in [5.74, 6) is 1.79. The lowest BCUT2D eigenvalue weighted by atomic mass is 10.4. The summed E-state index contributed by atoms with van der Waals surface area (Å²) in [7, 11) is 1.92. The van der Waals surface area contributed by atoms with Gasteiger partial charge in [0.25, 0.3) is 0 Å². The molecule has 3 N–H and O–H groups in total. The van der Waals surface area contributed by atoms with Crippen molar-refractivity contribution in [3.8, 4) is 0 Å². The van der Waals surface area contributed by atoms with Crippen LogP contribution in [0.15, 0.2) is 12.1 Å². The van der Waals surface area contributed by atoms with Gasteiger partial charge in [-0.15, -0.1) is 0 Å². The third-order valence-corrected chi connectivity index (χ3v) is 2.21. The monoisotopic (exact) mass is 183 g/mol. The first-order valence-corrected chi connectivity index (χ1v) is 4.47. The van der Waals surface area contributed by atoms with Crippen LogP contribution < -0.4 is 10.6 Å². The fourth-order valence-electron chi connectivity index (χ4n) is 1.39. The fraction of sp³-hybridized carbons (Fsp3) is 0.556. The van der Waals surface area contributed by atoms with Gasteiger partial charge in [0.15, 0.2) is 0 Å². The molecule has 1 rings (SSSR count). The van der Waals surface area contributed by atoms with Crippen LogP contribution in [0.3, 0.4) is 0 Å². The molecule has 0 unspecified atom stereocenters. The van der Waals surface area contributed by atoms with E-state index in [0.29, 0.717) is 6.54 Å². The normalized spacial score (nSPS) is 10.4. The Labute approximate surface area is 78.6 Å². The number of nitrogens with two attached hydrogens (primary N) is 1. The van der Waals surface area contributed by atoms with Crippen LogP contribution in [0.1, 0.15) is 6.92 Å². The molecule has 0 amide bonds. The van der Waals surface area contributed by atoms with Crippen molar-refractivity contribution in [3.63, 3.8) is 0 Å². The van der Waals surface area contributed by atoms with Crippen LogP contribution in [0.25, 0.3) is 0 Å². The van der Waals surface area contributed by atoms with Gasteiger partial charge in [0.2, 0.25) is 0 Å². The highest BCUT2D eigenvalue weighted by molar-refractivity contribution is 5.50. The molecule has 0 fully saturated rings. The number of rotatable bonds is 4. The Morgan fingerprint density at radius 1 is 1.54 bits per heavy atom. The van der Waals surface area contributed by atoms with E-state index >= 15 is 0 Å². The molecule has 0 aliphatic heterocycles. The summed E-state index contributed by atoms with van der Waals surface area (Å²) >= 11 is 0. The molecule has 1 heterocycles. The predicted octanol–water partition coefficient (Wildman–Crippen LogP) is 0.426. The summed E-state index contributed by atoms with van der Waals surface area (Å²) in [5.41, 5.74) is 5.70. The Bertz CT molecular complexity index is 270. The van der Waals surface area contributed by atoms with E-state index in [0.717, 1.165) is 18.2 Å². The second kappa shape index (κ2) is 4.18. The number of likely N-dealkylation sites (N-methyl/N-ethyl adjacent to an activating group) is 1. The average molecular weight is 183 g/mol. The Morgan fingerprint density at radius 2 is 2.23 bits per heavy atom. The molecule has 0 atom stereocenters. The van der Waals surface area contributed by atoms with E-state index < -0.39 is 0 Å². The summed E-state index contributed by atoms with van der Waals surface area (Å²) < 4.78 is 1.92. The van der Waals surface area contributed by atoms with Crippen molar-refractivity contribution in [2.45, 2.75) is 6.92 Å². The number of nitrogen functional groups attached to an aromatic ring is 1. The lowest BCUT2D eigenvalue weighted by molar-refractivity contribution is 0.302. The number of aliphatic hydroxyl groups excluding tert-OH is 1. The largest absolute Gasteiger partial charge is 0.395 e. The van der Waals surface area contributed by atoms with Crippen LogP contribution in [0.2, 0.25) is 0 Å². The maximum atomic E-state index is 8.84. The highest BCUT2D eigenvalue weighted by atomic mass is 16.3. The molecule has 0 bridgehead atoms. The number of hydrogen-bond acceptors (Lipinski definition) is 3. The number of aliphatic hydroxyl groups is 1. The zero-order chi connectivity index (χ0) is 9.84. The summed E-state index contributed by atoms with van der Waals surface area (Å²) in [6.07, 6.45) is 0. The van der Waals surface area contributed by atoms with Crippen LogP contribution >= 0.6 is 0 Å². The second-order valence-corrected chi connectivity index (χ2v) is 2.98. The Hall–Kier alpha value is -1.16. The molecule has 0 aliphatic carbocycles. The summed E-state index contributed by atoms with van der Waals surface area (Å²) in [4.78, 5) is 2.08. The van der Waals surface area contributed by atoms with E-state index in [4.69, 9.17) is 10.8 Å². The number of aromatic nitrogens is 1. The van der Waals surface area contributed by atoms with Gasteiger partial charge in [0.1, 0.15) is 11.6 Å². The van der Waals surface area contributed by atoms with Gasteiger partial charge >= 0.3 is 0 Å². The van der Waals surface area contributed by atoms with Gasteiger partial charge in [-0.3, -0.25) is 0 Å². The van der Waals surface area contributed by atoms with Gasteiger partial charge in [0.05, 0.1) is 6.61 Å². The van der Waals surface area contributed by atoms with Crippen LogP contribution in [0.4, 0.5) is 11.6 Å². The maximum Gasteiger partial charge on any atom is 0.109 e. The van der Waals surface area contributed by atoms with Crippen molar-refractivity contribution in [1.29, 1.82) is 0 Å². The molecule has 4 nitrogen and oxygen atoms in total. The third kappa shape index (κ3) is 1.95. The molecule has 0 spiro atoms. The summed E-state index contributed by atoms with van der Waals surface area (Å²) in [5, 5.41) is 8.84. The lowest BCUT2D eigenvalue weighted by Crippen LogP contribution is -2.28. The van der Waals surface area contributed by atoms with Gasteiger partial charge in [-0.1, -0.05) is 0 Å². The molecule has 4 heteroatoms. The molecule has 0 aromatic carbocycles. The molecule has 0 radical (unpaired) electrons. The van der Waals surface area contributed by atoms with E-state index in [9.17, 15) is 0 Å². The first-order valence-electron chi connectivity index (χ1n) is 4.47. The highest BCUT2D eigenvalue weighted by Crippen LogP contribution is 2.18. The number of hydrogen-bond donors (Lipinski definition) is 2. The van der Waals surface area contributed by atoms with Crippen molar-refractivity contribution in [2.75, 3.05) is 30.3 Å². The second-order valence-electron chi connectivity index (χ2n) is 2.98. The van der Waals surface area contributed by atoms with Gasteiger partial charge in [-0.25, -0.2) is 0 Å².